The van der Waals surface area contributed by atoms with Crippen LogP contribution in [0.3, 0.4) is 0 Å². The monoisotopic (exact) mass is 186 g/mol. The molecule has 0 N–H and O–H groups in total. The normalized spacial score (nSPS) is 10.4. The van der Waals surface area contributed by atoms with E-state index in [4.69, 9.17) is 10.5 Å². The van der Waals surface area contributed by atoms with Gasteiger partial charge in [0.2, 0.25) is 0 Å². The Kier molecular flexibility index (Phi) is 2.49. The first-order valence-corrected chi connectivity index (χ1v) is 4.16. The van der Waals surface area contributed by atoms with Crippen LogP contribution in [0.25, 0.3) is 0 Å². The van der Waals surface area contributed by atoms with Crippen LogP contribution < -0.4 is 0 Å². The van der Waals surface area contributed by atoms with E-state index < -0.39 is 0 Å². The summed E-state index contributed by atoms with van der Waals surface area (Å²) in [5.74, 6) is 0. The quantitative estimate of drug-likeness (QED) is 0.615. The Labute approximate surface area is 82.8 Å². The van der Waals surface area contributed by atoms with Crippen LogP contribution >= 0.6 is 0 Å². The molecule has 0 saturated heterocycles. The summed E-state index contributed by atoms with van der Waals surface area (Å²) in [6, 6.07) is 3.69. The molecule has 0 unspecified atom stereocenters. The molecular formula is C10H10N4. The SMILES string of the molecule is CC(C)(C)c1cnc(C#N)c(C#N)n1. The highest BCUT2D eigenvalue weighted by Gasteiger charge is 2.18. The number of nitriles is 2. The van der Waals surface area contributed by atoms with Crippen LogP contribution in [0.5, 0.6) is 0 Å². The third-order valence-electron chi connectivity index (χ3n) is 1.75. The van der Waals surface area contributed by atoms with Gasteiger partial charge in [0, 0.05) is 5.41 Å². The van der Waals surface area contributed by atoms with Gasteiger partial charge in [-0.05, 0) is 0 Å². The van der Waals surface area contributed by atoms with E-state index in [1.165, 1.54) is 0 Å². The van der Waals surface area contributed by atoms with Crippen molar-refractivity contribution in [3.8, 4) is 12.1 Å². The molecule has 70 valence electrons. The highest BCUT2D eigenvalue weighted by Crippen LogP contribution is 2.19. The predicted octanol–water partition coefficient (Wildman–Crippen LogP) is 1.52. The molecule has 0 fully saturated rings. The fraction of sp³-hybridized carbons (Fsp3) is 0.400. The minimum Gasteiger partial charge on any atom is -0.241 e. The second-order valence-corrected chi connectivity index (χ2v) is 3.93. The maximum Gasteiger partial charge on any atom is 0.177 e. The molecule has 0 saturated carbocycles. The van der Waals surface area contributed by atoms with Crippen molar-refractivity contribution >= 4 is 0 Å². The van der Waals surface area contributed by atoms with Crippen molar-refractivity contribution < 1.29 is 0 Å². The first-order chi connectivity index (χ1) is 6.49. The predicted molar refractivity (Wildman–Crippen MR) is 50.2 cm³/mol. The van der Waals surface area contributed by atoms with Gasteiger partial charge < -0.3 is 0 Å². The minimum atomic E-state index is -0.160. The molecule has 0 spiro atoms. The number of rotatable bonds is 0. The zero-order valence-corrected chi connectivity index (χ0v) is 8.37. The van der Waals surface area contributed by atoms with Gasteiger partial charge in [0.05, 0.1) is 11.9 Å². The smallest absolute Gasteiger partial charge is 0.177 e. The van der Waals surface area contributed by atoms with Gasteiger partial charge in [0.15, 0.2) is 11.4 Å². The average Bonchev–Trinajstić information content (AvgIpc) is 2.15. The van der Waals surface area contributed by atoms with Crippen molar-refractivity contribution in [1.82, 2.24) is 9.97 Å². The largest absolute Gasteiger partial charge is 0.241 e. The van der Waals surface area contributed by atoms with E-state index in [1.54, 1.807) is 6.20 Å². The van der Waals surface area contributed by atoms with Crippen LogP contribution in [0, 0.1) is 22.7 Å². The molecule has 1 heterocycles. The lowest BCUT2D eigenvalue weighted by Gasteiger charge is -2.16. The Bertz CT molecular complexity index is 429. The molecule has 1 aromatic rings. The Balaban J connectivity index is 3.32. The van der Waals surface area contributed by atoms with Crippen molar-refractivity contribution in [2.45, 2.75) is 26.2 Å². The molecule has 4 heteroatoms. The van der Waals surface area contributed by atoms with Crippen molar-refractivity contribution in [2.75, 3.05) is 0 Å². The van der Waals surface area contributed by atoms with Crippen LogP contribution in [-0.2, 0) is 5.41 Å². The molecule has 0 aliphatic heterocycles. The Hall–Kier alpha value is -1.94. The summed E-state index contributed by atoms with van der Waals surface area (Å²) in [4.78, 5) is 7.98. The van der Waals surface area contributed by atoms with Gasteiger partial charge in [-0.15, -0.1) is 0 Å². The van der Waals surface area contributed by atoms with E-state index in [0.717, 1.165) is 0 Å². The van der Waals surface area contributed by atoms with E-state index in [2.05, 4.69) is 9.97 Å². The summed E-state index contributed by atoms with van der Waals surface area (Å²) >= 11 is 0. The summed E-state index contributed by atoms with van der Waals surface area (Å²) in [5, 5.41) is 17.4. The summed E-state index contributed by atoms with van der Waals surface area (Å²) in [6.45, 7) is 5.93. The van der Waals surface area contributed by atoms with Gasteiger partial charge in [-0.25, -0.2) is 9.97 Å². The maximum atomic E-state index is 8.74. The van der Waals surface area contributed by atoms with Gasteiger partial charge in [0.25, 0.3) is 0 Å². The van der Waals surface area contributed by atoms with Gasteiger partial charge in [-0.3, -0.25) is 0 Å². The minimum absolute atomic E-state index is 0.0838. The Morgan fingerprint density at radius 3 is 2.14 bits per heavy atom. The zero-order valence-electron chi connectivity index (χ0n) is 8.37. The van der Waals surface area contributed by atoms with E-state index in [0.29, 0.717) is 5.69 Å². The third kappa shape index (κ3) is 1.86. The highest BCUT2D eigenvalue weighted by atomic mass is 14.8. The second-order valence-electron chi connectivity index (χ2n) is 3.93. The van der Waals surface area contributed by atoms with Crippen LogP contribution in [0.4, 0.5) is 0 Å². The van der Waals surface area contributed by atoms with Crippen LogP contribution in [0.2, 0.25) is 0 Å². The Morgan fingerprint density at radius 1 is 1.14 bits per heavy atom. The molecular weight excluding hydrogens is 176 g/mol. The molecule has 1 rings (SSSR count). The number of aromatic nitrogens is 2. The average molecular weight is 186 g/mol. The van der Waals surface area contributed by atoms with Gasteiger partial charge >= 0.3 is 0 Å². The fourth-order valence-electron chi connectivity index (χ4n) is 0.910. The van der Waals surface area contributed by atoms with Gasteiger partial charge in [-0.1, -0.05) is 20.8 Å². The highest BCUT2D eigenvalue weighted by molar-refractivity contribution is 5.36. The van der Waals surface area contributed by atoms with Crippen LogP contribution in [0.15, 0.2) is 6.20 Å². The topological polar surface area (TPSA) is 73.4 Å². The molecule has 0 amide bonds. The molecule has 1 aromatic heterocycles. The number of hydrogen-bond donors (Lipinski definition) is 0. The number of nitrogens with zero attached hydrogens (tertiary/aromatic N) is 4. The molecule has 0 aliphatic carbocycles. The van der Waals surface area contributed by atoms with Crippen LogP contribution in [0.1, 0.15) is 37.9 Å². The first-order valence-electron chi connectivity index (χ1n) is 4.16. The number of hydrogen-bond acceptors (Lipinski definition) is 4. The molecule has 0 radical (unpaired) electrons. The maximum absolute atomic E-state index is 8.74. The van der Waals surface area contributed by atoms with Crippen molar-refractivity contribution in [3.05, 3.63) is 23.3 Å². The molecule has 14 heavy (non-hydrogen) atoms. The Morgan fingerprint density at radius 2 is 1.71 bits per heavy atom. The first kappa shape index (κ1) is 10.1. The molecule has 0 aliphatic rings. The molecule has 0 bridgehead atoms. The lowest BCUT2D eigenvalue weighted by Crippen LogP contribution is -2.15. The lowest BCUT2D eigenvalue weighted by molar-refractivity contribution is 0.564. The van der Waals surface area contributed by atoms with E-state index in [9.17, 15) is 0 Å². The summed E-state index contributed by atoms with van der Waals surface area (Å²) < 4.78 is 0. The molecule has 4 nitrogen and oxygen atoms in total. The second kappa shape index (κ2) is 3.43. The molecule has 0 atom stereocenters. The van der Waals surface area contributed by atoms with E-state index in [-0.39, 0.29) is 16.8 Å². The van der Waals surface area contributed by atoms with Gasteiger partial charge in [-0.2, -0.15) is 10.5 Å². The van der Waals surface area contributed by atoms with E-state index >= 15 is 0 Å². The summed E-state index contributed by atoms with van der Waals surface area (Å²) in [6.07, 6.45) is 1.54. The standard InChI is InChI=1S/C10H10N4/c1-10(2,3)9-6-13-7(4-11)8(5-12)14-9/h6H,1-3H3. The van der Waals surface area contributed by atoms with Crippen molar-refractivity contribution in [3.63, 3.8) is 0 Å². The van der Waals surface area contributed by atoms with Crippen molar-refractivity contribution in [2.24, 2.45) is 0 Å². The summed E-state index contributed by atoms with van der Waals surface area (Å²) in [5.41, 5.74) is 0.737. The van der Waals surface area contributed by atoms with Crippen molar-refractivity contribution in [1.29, 1.82) is 10.5 Å². The third-order valence-corrected chi connectivity index (χ3v) is 1.75. The lowest BCUT2D eigenvalue weighted by atomic mass is 9.92. The molecule has 0 aromatic carbocycles. The van der Waals surface area contributed by atoms with E-state index in [1.807, 2.05) is 32.9 Å². The summed E-state index contributed by atoms with van der Waals surface area (Å²) in [7, 11) is 0. The zero-order chi connectivity index (χ0) is 10.8. The fourth-order valence-corrected chi connectivity index (χ4v) is 0.910. The van der Waals surface area contributed by atoms with Crippen LogP contribution in [-0.4, -0.2) is 9.97 Å². The van der Waals surface area contributed by atoms with Gasteiger partial charge in [0.1, 0.15) is 12.1 Å².